The topological polar surface area (TPSA) is 65.7 Å². The lowest BCUT2D eigenvalue weighted by molar-refractivity contribution is -0.159. The van der Waals surface area contributed by atoms with Crippen LogP contribution in [0.25, 0.3) is 11.0 Å². The summed E-state index contributed by atoms with van der Waals surface area (Å²) in [6, 6.07) is 9.30. The third-order valence-corrected chi connectivity index (χ3v) is 3.30. The van der Waals surface area contributed by atoms with Gasteiger partial charge < -0.3 is 13.9 Å². The summed E-state index contributed by atoms with van der Waals surface area (Å²) in [6.07, 6.45) is 0. The maximum absolute atomic E-state index is 11.8. The highest BCUT2D eigenvalue weighted by Gasteiger charge is 2.36. The van der Waals surface area contributed by atoms with Gasteiger partial charge in [0.2, 0.25) is 0 Å². The van der Waals surface area contributed by atoms with E-state index in [4.69, 9.17) is 4.42 Å². The van der Waals surface area contributed by atoms with Crippen molar-refractivity contribution in [3.63, 3.8) is 0 Å². The Morgan fingerprint density at radius 1 is 1.10 bits per heavy atom. The quantitative estimate of drug-likeness (QED) is 0.634. The van der Waals surface area contributed by atoms with Crippen LogP contribution >= 0.6 is 0 Å². The van der Waals surface area contributed by atoms with Gasteiger partial charge >= 0.3 is 11.9 Å². The lowest BCUT2D eigenvalue weighted by Crippen LogP contribution is -2.30. The van der Waals surface area contributed by atoms with Crippen molar-refractivity contribution in [1.29, 1.82) is 0 Å². The molecule has 1 atom stereocenters. The van der Waals surface area contributed by atoms with Crippen LogP contribution in [0.4, 0.5) is 0 Å². The van der Waals surface area contributed by atoms with Gasteiger partial charge in [0.05, 0.1) is 14.2 Å². The molecule has 20 heavy (non-hydrogen) atoms. The van der Waals surface area contributed by atoms with E-state index in [-0.39, 0.29) is 0 Å². The standard InChI is InChI=1S/C15H16O5/c1-9(13(14(16)18-2)15(17)19-3)12-8-10-6-4-5-7-11(10)20-12/h4-9,13H,1-3H3/t9-/m1/s1. The number of rotatable bonds is 4. The molecule has 0 aliphatic heterocycles. The molecule has 0 unspecified atom stereocenters. The minimum atomic E-state index is -1.04. The normalized spacial score (nSPS) is 12.4. The predicted octanol–water partition coefficient (Wildman–Crippen LogP) is 2.50. The van der Waals surface area contributed by atoms with E-state index in [9.17, 15) is 9.59 Å². The molecule has 106 valence electrons. The fourth-order valence-corrected chi connectivity index (χ4v) is 2.15. The lowest BCUT2D eigenvalue weighted by Gasteiger charge is -2.17. The molecule has 2 aromatic rings. The minimum absolute atomic E-state index is 0.470. The summed E-state index contributed by atoms with van der Waals surface area (Å²) in [5.41, 5.74) is 0.711. The molecule has 0 aliphatic rings. The van der Waals surface area contributed by atoms with Crippen molar-refractivity contribution in [2.24, 2.45) is 5.92 Å². The number of benzene rings is 1. The van der Waals surface area contributed by atoms with Crippen molar-refractivity contribution in [2.45, 2.75) is 12.8 Å². The van der Waals surface area contributed by atoms with Gasteiger partial charge in [-0.2, -0.15) is 0 Å². The predicted molar refractivity (Wildman–Crippen MR) is 72.2 cm³/mol. The van der Waals surface area contributed by atoms with Gasteiger partial charge in [-0.05, 0) is 12.1 Å². The van der Waals surface area contributed by atoms with Crippen molar-refractivity contribution >= 4 is 22.9 Å². The Hall–Kier alpha value is -2.30. The molecule has 0 saturated heterocycles. The highest BCUT2D eigenvalue weighted by Crippen LogP contribution is 2.31. The van der Waals surface area contributed by atoms with Crippen LogP contribution in [0.2, 0.25) is 0 Å². The number of furan rings is 1. The van der Waals surface area contributed by atoms with Crippen LogP contribution in [-0.2, 0) is 19.1 Å². The number of carbonyl (C=O) groups is 2. The molecule has 0 amide bonds. The highest BCUT2D eigenvalue weighted by molar-refractivity contribution is 5.96. The molecule has 1 aromatic heterocycles. The number of para-hydroxylation sites is 1. The first-order chi connectivity index (χ1) is 9.58. The first-order valence-corrected chi connectivity index (χ1v) is 6.22. The Kier molecular flexibility index (Phi) is 4.08. The summed E-state index contributed by atoms with van der Waals surface area (Å²) in [4.78, 5) is 23.6. The molecule has 0 bridgehead atoms. The molecule has 5 heteroatoms. The van der Waals surface area contributed by atoms with Crippen LogP contribution in [0.3, 0.4) is 0 Å². The fraction of sp³-hybridized carbons (Fsp3) is 0.333. The summed E-state index contributed by atoms with van der Waals surface area (Å²) in [6.45, 7) is 1.73. The smallest absolute Gasteiger partial charge is 0.320 e. The lowest BCUT2D eigenvalue weighted by atomic mass is 9.91. The maximum Gasteiger partial charge on any atom is 0.320 e. The van der Waals surface area contributed by atoms with E-state index in [1.165, 1.54) is 14.2 Å². The van der Waals surface area contributed by atoms with E-state index in [1.807, 2.05) is 30.3 Å². The Morgan fingerprint density at radius 3 is 2.25 bits per heavy atom. The molecule has 1 aromatic carbocycles. The molecule has 0 N–H and O–H groups in total. The van der Waals surface area contributed by atoms with Gasteiger partial charge in [0.15, 0.2) is 5.92 Å². The molecule has 1 heterocycles. The van der Waals surface area contributed by atoms with Crippen LogP contribution in [0.1, 0.15) is 18.6 Å². The van der Waals surface area contributed by atoms with E-state index < -0.39 is 23.8 Å². The monoisotopic (exact) mass is 276 g/mol. The van der Waals surface area contributed by atoms with Gasteiger partial charge in [-0.3, -0.25) is 9.59 Å². The van der Waals surface area contributed by atoms with Gasteiger partial charge in [0, 0.05) is 11.3 Å². The van der Waals surface area contributed by atoms with Crippen LogP contribution in [0.15, 0.2) is 34.7 Å². The van der Waals surface area contributed by atoms with Crippen molar-refractivity contribution in [2.75, 3.05) is 14.2 Å². The zero-order valence-corrected chi connectivity index (χ0v) is 11.6. The third-order valence-electron chi connectivity index (χ3n) is 3.30. The van der Waals surface area contributed by atoms with Crippen LogP contribution < -0.4 is 0 Å². The largest absolute Gasteiger partial charge is 0.468 e. The van der Waals surface area contributed by atoms with Crippen molar-refractivity contribution in [3.05, 3.63) is 36.1 Å². The Labute approximate surface area is 116 Å². The molecule has 5 nitrogen and oxygen atoms in total. The van der Waals surface area contributed by atoms with Gasteiger partial charge in [-0.15, -0.1) is 0 Å². The van der Waals surface area contributed by atoms with E-state index in [2.05, 4.69) is 9.47 Å². The summed E-state index contributed by atoms with van der Waals surface area (Å²) in [7, 11) is 2.48. The molecular weight excluding hydrogens is 260 g/mol. The fourth-order valence-electron chi connectivity index (χ4n) is 2.15. The number of carbonyl (C=O) groups excluding carboxylic acids is 2. The van der Waals surface area contributed by atoms with Crippen LogP contribution in [0.5, 0.6) is 0 Å². The Balaban J connectivity index is 2.37. The first kappa shape index (κ1) is 14.1. The molecule has 0 aliphatic carbocycles. The zero-order valence-electron chi connectivity index (χ0n) is 11.6. The van der Waals surface area contributed by atoms with Crippen molar-refractivity contribution in [3.8, 4) is 0 Å². The van der Waals surface area contributed by atoms with Gasteiger partial charge in [0.25, 0.3) is 0 Å². The average molecular weight is 276 g/mol. The zero-order chi connectivity index (χ0) is 14.7. The SMILES string of the molecule is COC(=O)C(C(=O)OC)[C@H](C)c1cc2ccccc2o1. The number of methoxy groups -OCH3 is 2. The molecule has 2 rings (SSSR count). The van der Waals surface area contributed by atoms with Gasteiger partial charge in [0.1, 0.15) is 11.3 Å². The first-order valence-electron chi connectivity index (χ1n) is 6.22. The molecule has 0 spiro atoms. The second-order valence-corrected chi connectivity index (χ2v) is 4.50. The summed E-state index contributed by atoms with van der Waals surface area (Å²) in [5, 5.41) is 0.919. The maximum atomic E-state index is 11.8. The Morgan fingerprint density at radius 2 is 1.70 bits per heavy atom. The summed E-state index contributed by atoms with van der Waals surface area (Å²) in [5.74, 6) is -2.23. The van der Waals surface area contributed by atoms with Crippen molar-refractivity contribution in [1.82, 2.24) is 0 Å². The molecule has 0 saturated carbocycles. The molecular formula is C15H16O5. The second kappa shape index (κ2) is 5.77. The second-order valence-electron chi connectivity index (χ2n) is 4.50. The van der Waals surface area contributed by atoms with E-state index >= 15 is 0 Å². The number of esters is 2. The van der Waals surface area contributed by atoms with E-state index in [0.29, 0.717) is 11.3 Å². The summed E-state index contributed by atoms with van der Waals surface area (Å²) < 4.78 is 15.0. The average Bonchev–Trinajstić information content (AvgIpc) is 2.90. The summed E-state index contributed by atoms with van der Waals surface area (Å²) >= 11 is 0. The third kappa shape index (κ3) is 2.52. The molecule has 0 radical (unpaired) electrons. The van der Waals surface area contributed by atoms with E-state index in [1.54, 1.807) is 6.92 Å². The highest BCUT2D eigenvalue weighted by atomic mass is 16.5. The van der Waals surface area contributed by atoms with Crippen LogP contribution in [0, 0.1) is 5.92 Å². The van der Waals surface area contributed by atoms with E-state index in [0.717, 1.165) is 5.39 Å². The Bertz CT molecular complexity index is 579. The van der Waals surface area contributed by atoms with Crippen molar-refractivity contribution < 1.29 is 23.5 Å². The molecule has 0 fully saturated rings. The number of hydrogen-bond donors (Lipinski definition) is 0. The number of hydrogen-bond acceptors (Lipinski definition) is 5. The number of fused-ring (bicyclic) bond motifs is 1. The van der Waals surface area contributed by atoms with Gasteiger partial charge in [-0.25, -0.2) is 0 Å². The van der Waals surface area contributed by atoms with Crippen LogP contribution in [-0.4, -0.2) is 26.2 Å². The minimum Gasteiger partial charge on any atom is -0.468 e. The van der Waals surface area contributed by atoms with Gasteiger partial charge in [-0.1, -0.05) is 25.1 Å². The number of ether oxygens (including phenoxy) is 2.